The van der Waals surface area contributed by atoms with Gasteiger partial charge >= 0.3 is 6.09 Å². The van der Waals surface area contributed by atoms with Crippen LogP contribution in [0.25, 0.3) is 32.9 Å². The summed E-state index contributed by atoms with van der Waals surface area (Å²) in [6, 6.07) is 17.4. The molecule has 0 saturated carbocycles. The third-order valence-corrected chi connectivity index (χ3v) is 5.33. The topological polar surface area (TPSA) is 113 Å². The standard InChI is InChI=1S/C24H18FN5O3/c1-33-24(32)28-23-26-19-7-6-14(12-21(19)27-23)15-8-13(9-16(25)11-15)10-20-17-4-2-3-5-18(17)22(31)30-29-20/h2-9,11-12H,10H2,1H3,(H,30,31)(H2,26,27,28,32). The number of hydrogen-bond donors (Lipinski definition) is 3. The van der Waals surface area contributed by atoms with E-state index in [1.54, 1.807) is 18.2 Å². The molecule has 2 heterocycles. The van der Waals surface area contributed by atoms with E-state index in [9.17, 15) is 14.0 Å². The van der Waals surface area contributed by atoms with Crippen molar-refractivity contribution in [3.63, 3.8) is 0 Å². The summed E-state index contributed by atoms with van der Waals surface area (Å²) in [5.41, 5.74) is 3.89. The van der Waals surface area contributed by atoms with Gasteiger partial charge in [-0.25, -0.2) is 19.3 Å². The Morgan fingerprint density at radius 3 is 2.70 bits per heavy atom. The lowest BCUT2D eigenvalue weighted by atomic mass is 9.99. The number of hydrogen-bond acceptors (Lipinski definition) is 5. The lowest BCUT2D eigenvalue weighted by Crippen LogP contribution is -2.11. The highest BCUT2D eigenvalue weighted by Gasteiger charge is 2.11. The first kappa shape index (κ1) is 20.4. The highest BCUT2D eigenvalue weighted by atomic mass is 19.1. The number of rotatable bonds is 4. The lowest BCUT2D eigenvalue weighted by Gasteiger charge is -2.08. The molecule has 2 aromatic heterocycles. The van der Waals surface area contributed by atoms with E-state index in [1.165, 1.54) is 19.2 Å². The average molecular weight is 443 g/mol. The van der Waals surface area contributed by atoms with Crippen LogP contribution in [0, 0.1) is 5.82 Å². The van der Waals surface area contributed by atoms with Gasteiger partial charge in [-0.05, 0) is 47.0 Å². The summed E-state index contributed by atoms with van der Waals surface area (Å²) in [6.07, 6.45) is -0.283. The van der Waals surface area contributed by atoms with Gasteiger partial charge in [0.05, 0.1) is 29.2 Å². The third kappa shape index (κ3) is 4.03. The molecular formula is C24H18FN5O3. The fourth-order valence-electron chi connectivity index (χ4n) is 3.81. The molecule has 0 unspecified atom stereocenters. The largest absolute Gasteiger partial charge is 0.453 e. The number of aromatic amines is 2. The molecule has 9 heteroatoms. The average Bonchev–Trinajstić information content (AvgIpc) is 3.22. The Bertz CT molecular complexity index is 1570. The number of anilines is 1. The number of carbonyl (C=O) groups excluding carboxylic acids is 1. The summed E-state index contributed by atoms with van der Waals surface area (Å²) < 4.78 is 19.1. The molecule has 5 rings (SSSR count). The summed E-state index contributed by atoms with van der Waals surface area (Å²) in [4.78, 5) is 30.7. The zero-order valence-corrected chi connectivity index (χ0v) is 17.5. The fourth-order valence-corrected chi connectivity index (χ4v) is 3.81. The minimum Gasteiger partial charge on any atom is -0.453 e. The summed E-state index contributed by atoms with van der Waals surface area (Å²) >= 11 is 0. The van der Waals surface area contributed by atoms with Crippen molar-refractivity contribution < 1.29 is 13.9 Å². The second kappa shape index (κ2) is 8.19. The van der Waals surface area contributed by atoms with Gasteiger partial charge in [-0.1, -0.05) is 30.3 Å². The SMILES string of the molecule is COC(=O)Nc1nc2ccc(-c3cc(F)cc(Cc4n[nH]c(=O)c5ccccc45)c3)cc2[nH]1. The van der Waals surface area contributed by atoms with Gasteiger partial charge in [0.15, 0.2) is 0 Å². The van der Waals surface area contributed by atoms with Crippen LogP contribution < -0.4 is 10.9 Å². The zero-order chi connectivity index (χ0) is 22.9. The Labute approximate surface area is 186 Å². The molecule has 0 spiro atoms. The number of H-pyrrole nitrogens is 2. The fraction of sp³-hybridized carbons (Fsp3) is 0.0833. The number of fused-ring (bicyclic) bond motifs is 2. The van der Waals surface area contributed by atoms with E-state index in [4.69, 9.17) is 0 Å². The Hall–Kier alpha value is -4.53. The number of aromatic nitrogens is 4. The van der Waals surface area contributed by atoms with E-state index < -0.39 is 6.09 Å². The number of methoxy groups -OCH3 is 1. The number of carbonyl (C=O) groups is 1. The normalized spacial score (nSPS) is 11.1. The van der Waals surface area contributed by atoms with Crippen LogP contribution >= 0.6 is 0 Å². The number of amides is 1. The number of nitrogens with zero attached hydrogens (tertiary/aromatic N) is 2. The molecule has 0 aliphatic carbocycles. The van der Waals surface area contributed by atoms with Crippen LogP contribution in [0.4, 0.5) is 15.1 Å². The van der Waals surface area contributed by atoms with E-state index in [-0.39, 0.29) is 17.3 Å². The van der Waals surface area contributed by atoms with Crippen molar-refractivity contribution in [3.8, 4) is 11.1 Å². The molecule has 0 atom stereocenters. The number of halogens is 1. The lowest BCUT2D eigenvalue weighted by molar-refractivity contribution is 0.186. The molecule has 3 aromatic carbocycles. The molecule has 0 fully saturated rings. The molecule has 0 bridgehead atoms. The Balaban J connectivity index is 1.50. The molecular weight excluding hydrogens is 425 g/mol. The van der Waals surface area contributed by atoms with Crippen molar-refractivity contribution in [3.05, 3.63) is 88.1 Å². The molecule has 0 aliphatic rings. The van der Waals surface area contributed by atoms with E-state index >= 15 is 0 Å². The molecule has 5 aromatic rings. The van der Waals surface area contributed by atoms with Crippen molar-refractivity contribution in [2.45, 2.75) is 6.42 Å². The minimum atomic E-state index is -0.632. The monoisotopic (exact) mass is 443 g/mol. The van der Waals surface area contributed by atoms with E-state index in [0.29, 0.717) is 39.7 Å². The number of benzene rings is 3. The highest BCUT2D eigenvalue weighted by molar-refractivity contribution is 5.88. The van der Waals surface area contributed by atoms with Crippen molar-refractivity contribution in [1.29, 1.82) is 0 Å². The first-order valence-corrected chi connectivity index (χ1v) is 10.1. The molecule has 164 valence electrons. The van der Waals surface area contributed by atoms with Crippen LogP contribution in [0.15, 0.2) is 65.5 Å². The number of ether oxygens (including phenoxy) is 1. The molecule has 0 saturated heterocycles. The van der Waals surface area contributed by atoms with Gasteiger partial charge in [-0.2, -0.15) is 5.10 Å². The smallest absolute Gasteiger partial charge is 0.413 e. The summed E-state index contributed by atoms with van der Waals surface area (Å²) in [5, 5.41) is 10.5. The number of imidazole rings is 1. The molecule has 3 N–H and O–H groups in total. The quantitative estimate of drug-likeness (QED) is 0.382. The van der Waals surface area contributed by atoms with E-state index in [2.05, 4.69) is 30.2 Å². The minimum absolute atomic E-state index is 0.255. The van der Waals surface area contributed by atoms with Crippen molar-refractivity contribution >= 4 is 33.8 Å². The van der Waals surface area contributed by atoms with Crippen LogP contribution in [0.5, 0.6) is 0 Å². The summed E-state index contributed by atoms with van der Waals surface area (Å²) in [6.45, 7) is 0. The van der Waals surface area contributed by atoms with Gasteiger partial charge in [0.1, 0.15) is 5.82 Å². The Morgan fingerprint density at radius 2 is 1.88 bits per heavy atom. The zero-order valence-electron chi connectivity index (χ0n) is 17.5. The van der Waals surface area contributed by atoms with Gasteiger partial charge in [-0.3, -0.25) is 10.1 Å². The molecule has 0 aliphatic heterocycles. The predicted molar refractivity (Wildman–Crippen MR) is 123 cm³/mol. The van der Waals surface area contributed by atoms with Crippen LogP contribution in [0.3, 0.4) is 0 Å². The summed E-state index contributed by atoms with van der Waals surface area (Å²) in [5.74, 6) is -0.126. The summed E-state index contributed by atoms with van der Waals surface area (Å²) in [7, 11) is 1.27. The maximum atomic E-state index is 14.5. The van der Waals surface area contributed by atoms with E-state index in [1.807, 2.05) is 30.3 Å². The maximum Gasteiger partial charge on any atom is 0.413 e. The van der Waals surface area contributed by atoms with Gasteiger partial charge in [0.2, 0.25) is 5.95 Å². The third-order valence-electron chi connectivity index (χ3n) is 5.33. The van der Waals surface area contributed by atoms with Crippen LogP contribution in [0.2, 0.25) is 0 Å². The number of nitrogens with one attached hydrogen (secondary N) is 3. The van der Waals surface area contributed by atoms with Crippen molar-refractivity contribution in [1.82, 2.24) is 20.2 Å². The van der Waals surface area contributed by atoms with Crippen LogP contribution in [-0.4, -0.2) is 33.4 Å². The maximum absolute atomic E-state index is 14.5. The van der Waals surface area contributed by atoms with Crippen molar-refractivity contribution in [2.75, 3.05) is 12.4 Å². The second-order valence-electron chi connectivity index (χ2n) is 7.50. The predicted octanol–water partition coefficient (Wildman–Crippen LogP) is 4.37. The van der Waals surface area contributed by atoms with Crippen molar-refractivity contribution in [2.24, 2.45) is 0 Å². The molecule has 0 radical (unpaired) electrons. The highest BCUT2D eigenvalue weighted by Crippen LogP contribution is 2.27. The van der Waals surface area contributed by atoms with E-state index in [0.717, 1.165) is 10.9 Å². The first-order chi connectivity index (χ1) is 16.0. The van der Waals surface area contributed by atoms with Crippen LogP contribution in [-0.2, 0) is 11.2 Å². The Morgan fingerprint density at radius 1 is 1.06 bits per heavy atom. The van der Waals surface area contributed by atoms with Crippen LogP contribution in [0.1, 0.15) is 11.3 Å². The molecule has 33 heavy (non-hydrogen) atoms. The van der Waals surface area contributed by atoms with Gasteiger partial charge in [-0.15, -0.1) is 0 Å². The first-order valence-electron chi connectivity index (χ1n) is 10.1. The molecule has 1 amide bonds. The van der Waals surface area contributed by atoms with Gasteiger partial charge < -0.3 is 9.72 Å². The molecule has 8 nitrogen and oxygen atoms in total. The Kier molecular flexibility index (Phi) is 5.06. The second-order valence-corrected chi connectivity index (χ2v) is 7.50. The van der Waals surface area contributed by atoms with Gasteiger partial charge in [0, 0.05) is 11.8 Å². The van der Waals surface area contributed by atoms with Gasteiger partial charge in [0.25, 0.3) is 5.56 Å².